The zero-order valence-corrected chi connectivity index (χ0v) is 14.1. The van der Waals surface area contributed by atoms with Crippen LogP contribution in [0.15, 0.2) is 0 Å². The van der Waals surface area contributed by atoms with E-state index in [9.17, 15) is 4.79 Å². The molecule has 1 amide bonds. The van der Waals surface area contributed by atoms with Gasteiger partial charge in [0, 0.05) is 25.7 Å². The molecule has 20 heavy (non-hydrogen) atoms. The smallest absolute Gasteiger partial charge is 0.248 e. The maximum Gasteiger partial charge on any atom is 0.248 e. The van der Waals surface area contributed by atoms with E-state index in [-0.39, 0.29) is 18.1 Å². The van der Waals surface area contributed by atoms with E-state index in [1.54, 1.807) is 0 Å². The SMILES string of the molecule is CC(C)N(C)CC1CCN(C(=O)COC(C)(C)C)CC1. The van der Waals surface area contributed by atoms with Crippen LogP contribution in [0.4, 0.5) is 0 Å². The van der Waals surface area contributed by atoms with E-state index in [0.29, 0.717) is 6.04 Å². The second kappa shape index (κ2) is 7.41. The van der Waals surface area contributed by atoms with Crippen molar-refractivity contribution < 1.29 is 9.53 Å². The lowest BCUT2D eigenvalue weighted by molar-refractivity contribution is -0.142. The molecule has 1 fully saturated rings. The molecule has 1 aliphatic heterocycles. The summed E-state index contributed by atoms with van der Waals surface area (Å²) in [7, 11) is 2.18. The predicted molar refractivity (Wildman–Crippen MR) is 82.8 cm³/mol. The Morgan fingerprint density at radius 1 is 1.30 bits per heavy atom. The minimum absolute atomic E-state index is 0.135. The van der Waals surface area contributed by atoms with Gasteiger partial charge in [-0.05, 0) is 60.4 Å². The molecule has 0 spiro atoms. The standard InChI is InChI=1S/C16H32N2O2/c1-13(2)17(6)11-14-7-9-18(10-8-14)15(19)12-20-16(3,4)5/h13-14H,7-12H2,1-6H3. The van der Waals surface area contributed by atoms with Crippen LogP contribution in [-0.4, -0.2) is 60.6 Å². The number of hydrogen-bond donors (Lipinski definition) is 0. The third-order valence-electron chi connectivity index (χ3n) is 4.02. The van der Waals surface area contributed by atoms with Crippen molar-refractivity contribution in [2.75, 3.05) is 33.3 Å². The number of amides is 1. The van der Waals surface area contributed by atoms with Gasteiger partial charge in [0.05, 0.1) is 5.60 Å². The minimum Gasteiger partial charge on any atom is -0.366 e. The van der Waals surface area contributed by atoms with Gasteiger partial charge in [-0.2, -0.15) is 0 Å². The highest BCUT2D eigenvalue weighted by Gasteiger charge is 2.25. The molecule has 0 bridgehead atoms. The number of carbonyl (C=O) groups is 1. The highest BCUT2D eigenvalue weighted by Crippen LogP contribution is 2.19. The third kappa shape index (κ3) is 6.23. The van der Waals surface area contributed by atoms with Crippen LogP contribution in [0.3, 0.4) is 0 Å². The zero-order chi connectivity index (χ0) is 15.3. The lowest BCUT2D eigenvalue weighted by atomic mass is 9.96. The van der Waals surface area contributed by atoms with Crippen molar-refractivity contribution in [3.8, 4) is 0 Å². The van der Waals surface area contributed by atoms with Crippen LogP contribution in [0.1, 0.15) is 47.5 Å². The summed E-state index contributed by atoms with van der Waals surface area (Å²) in [6, 6.07) is 0.592. The molecule has 0 saturated carbocycles. The molecular formula is C16H32N2O2. The fourth-order valence-electron chi connectivity index (χ4n) is 2.35. The van der Waals surface area contributed by atoms with Crippen LogP contribution >= 0.6 is 0 Å². The fourth-order valence-corrected chi connectivity index (χ4v) is 2.35. The summed E-state index contributed by atoms with van der Waals surface area (Å²) in [6.07, 6.45) is 2.22. The molecule has 4 nitrogen and oxygen atoms in total. The highest BCUT2D eigenvalue weighted by atomic mass is 16.5. The van der Waals surface area contributed by atoms with Gasteiger partial charge in [-0.15, -0.1) is 0 Å². The molecule has 0 atom stereocenters. The highest BCUT2D eigenvalue weighted by molar-refractivity contribution is 5.77. The molecule has 1 aliphatic rings. The molecule has 4 heteroatoms. The van der Waals surface area contributed by atoms with E-state index in [1.165, 1.54) is 0 Å². The Balaban J connectivity index is 2.29. The summed E-state index contributed by atoms with van der Waals surface area (Å²) >= 11 is 0. The van der Waals surface area contributed by atoms with Crippen LogP contribution in [-0.2, 0) is 9.53 Å². The van der Waals surface area contributed by atoms with E-state index >= 15 is 0 Å². The Morgan fingerprint density at radius 2 is 1.85 bits per heavy atom. The second-order valence-corrected chi connectivity index (χ2v) is 7.26. The quantitative estimate of drug-likeness (QED) is 0.777. The van der Waals surface area contributed by atoms with Gasteiger partial charge in [0.1, 0.15) is 6.61 Å². The first-order chi connectivity index (χ1) is 9.19. The van der Waals surface area contributed by atoms with Crippen molar-refractivity contribution >= 4 is 5.91 Å². The molecule has 118 valence electrons. The van der Waals surface area contributed by atoms with Crippen molar-refractivity contribution in [2.45, 2.75) is 59.1 Å². The first-order valence-corrected chi connectivity index (χ1v) is 7.81. The predicted octanol–water partition coefficient (Wildman–Crippen LogP) is 2.38. The minimum atomic E-state index is -0.242. The molecule has 0 aromatic heterocycles. The molecule has 0 radical (unpaired) electrons. The van der Waals surface area contributed by atoms with Crippen LogP contribution in [0.25, 0.3) is 0 Å². The number of carbonyl (C=O) groups excluding carboxylic acids is 1. The summed E-state index contributed by atoms with van der Waals surface area (Å²) in [5.41, 5.74) is -0.242. The molecule has 0 aromatic rings. The monoisotopic (exact) mass is 284 g/mol. The van der Waals surface area contributed by atoms with Crippen molar-refractivity contribution in [3.05, 3.63) is 0 Å². The normalized spacial score (nSPS) is 18.1. The molecule has 1 rings (SSSR count). The summed E-state index contributed by atoms with van der Waals surface area (Å²) in [5.74, 6) is 0.852. The average molecular weight is 284 g/mol. The number of ether oxygens (including phenoxy) is 1. The van der Waals surface area contributed by atoms with E-state index in [1.807, 2.05) is 25.7 Å². The fraction of sp³-hybridized carbons (Fsp3) is 0.938. The molecular weight excluding hydrogens is 252 g/mol. The Morgan fingerprint density at radius 3 is 2.30 bits per heavy atom. The molecule has 0 aliphatic carbocycles. The van der Waals surface area contributed by atoms with Gasteiger partial charge in [0.2, 0.25) is 5.91 Å². The lowest BCUT2D eigenvalue weighted by Crippen LogP contribution is -2.44. The van der Waals surface area contributed by atoms with Crippen molar-refractivity contribution in [1.82, 2.24) is 9.80 Å². The van der Waals surface area contributed by atoms with Gasteiger partial charge >= 0.3 is 0 Å². The topological polar surface area (TPSA) is 32.8 Å². The number of nitrogens with zero attached hydrogens (tertiary/aromatic N) is 2. The number of piperidine rings is 1. The zero-order valence-electron chi connectivity index (χ0n) is 14.1. The van der Waals surface area contributed by atoms with Crippen LogP contribution in [0.2, 0.25) is 0 Å². The lowest BCUT2D eigenvalue weighted by Gasteiger charge is -2.35. The Labute approximate surface area is 124 Å². The van der Waals surface area contributed by atoms with Crippen molar-refractivity contribution in [2.24, 2.45) is 5.92 Å². The largest absolute Gasteiger partial charge is 0.366 e. The van der Waals surface area contributed by atoms with E-state index in [4.69, 9.17) is 4.74 Å². The van der Waals surface area contributed by atoms with Crippen LogP contribution < -0.4 is 0 Å². The van der Waals surface area contributed by atoms with E-state index in [2.05, 4.69) is 25.8 Å². The molecule has 0 unspecified atom stereocenters. The van der Waals surface area contributed by atoms with E-state index in [0.717, 1.165) is 38.4 Å². The third-order valence-corrected chi connectivity index (χ3v) is 4.02. The Hall–Kier alpha value is -0.610. The van der Waals surface area contributed by atoms with Crippen LogP contribution in [0.5, 0.6) is 0 Å². The van der Waals surface area contributed by atoms with Gasteiger partial charge in [0.25, 0.3) is 0 Å². The van der Waals surface area contributed by atoms with Crippen molar-refractivity contribution in [1.29, 1.82) is 0 Å². The van der Waals surface area contributed by atoms with Gasteiger partial charge in [-0.25, -0.2) is 0 Å². The number of rotatable bonds is 5. The summed E-state index contributed by atoms with van der Waals surface area (Å²) < 4.78 is 5.57. The maximum atomic E-state index is 12.1. The van der Waals surface area contributed by atoms with E-state index < -0.39 is 0 Å². The second-order valence-electron chi connectivity index (χ2n) is 7.26. The summed E-state index contributed by atoms with van der Waals surface area (Å²) in [4.78, 5) is 16.4. The average Bonchev–Trinajstić information content (AvgIpc) is 2.35. The Kier molecular flexibility index (Phi) is 6.46. The van der Waals surface area contributed by atoms with Crippen LogP contribution in [0, 0.1) is 5.92 Å². The molecule has 0 aromatic carbocycles. The number of likely N-dealkylation sites (tertiary alicyclic amines) is 1. The first kappa shape index (κ1) is 17.4. The first-order valence-electron chi connectivity index (χ1n) is 7.81. The van der Waals surface area contributed by atoms with Gasteiger partial charge in [-0.1, -0.05) is 0 Å². The van der Waals surface area contributed by atoms with Gasteiger partial charge < -0.3 is 14.5 Å². The Bertz CT molecular complexity index is 302. The molecule has 0 N–H and O–H groups in total. The maximum absolute atomic E-state index is 12.1. The summed E-state index contributed by atoms with van der Waals surface area (Å²) in [6.45, 7) is 13.5. The van der Waals surface area contributed by atoms with Crippen molar-refractivity contribution in [3.63, 3.8) is 0 Å². The number of hydrogen-bond acceptors (Lipinski definition) is 3. The van der Waals surface area contributed by atoms with Gasteiger partial charge in [0.15, 0.2) is 0 Å². The van der Waals surface area contributed by atoms with Gasteiger partial charge in [-0.3, -0.25) is 4.79 Å². The molecule has 1 heterocycles. The molecule has 1 saturated heterocycles. The summed E-state index contributed by atoms with van der Waals surface area (Å²) in [5, 5.41) is 0.